The van der Waals surface area contributed by atoms with E-state index in [1.165, 1.54) is 0 Å². The molecule has 0 bridgehead atoms. The van der Waals surface area contributed by atoms with Crippen LogP contribution in [0, 0.1) is 6.92 Å². The third kappa shape index (κ3) is 5.69. The fourth-order valence-corrected chi connectivity index (χ4v) is 3.65. The molecule has 2 aliphatic rings. The van der Waals surface area contributed by atoms with E-state index in [9.17, 15) is 0 Å². The number of fused-ring (bicyclic) bond motifs is 1. The summed E-state index contributed by atoms with van der Waals surface area (Å²) in [6, 6.07) is 4.61. The first-order valence-electron chi connectivity index (χ1n) is 9.84. The van der Waals surface area contributed by atoms with Crippen LogP contribution in [-0.2, 0) is 24.1 Å². The number of hydrogen-bond acceptors (Lipinski definition) is 5. The summed E-state index contributed by atoms with van der Waals surface area (Å²) >= 11 is 0. The summed E-state index contributed by atoms with van der Waals surface area (Å²) in [6.07, 6.45) is 6.50. The lowest BCUT2D eigenvalue weighted by atomic mass is 10.1. The molecule has 1 unspecified atom stereocenters. The van der Waals surface area contributed by atoms with Gasteiger partial charge in [0.25, 0.3) is 0 Å². The monoisotopic (exact) mass is 500 g/mol. The number of ether oxygens (including phenoxy) is 1. The van der Waals surface area contributed by atoms with Gasteiger partial charge in [0.2, 0.25) is 0 Å². The van der Waals surface area contributed by atoms with Crippen LogP contribution in [0.1, 0.15) is 36.7 Å². The first-order valence-corrected chi connectivity index (χ1v) is 9.84. The van der Waals surface area contributed by atoms with Crippen LogP contribution in [0.15, 0.2) is 27.8 Å². The van der Waals surface area contributed by atoms with Crippen LogP contribution < -0.4 is 10.6 Å². The molecule has 0 aliphatic carbocycles. The minimum Gasteiger partial charge on any atom is -0.469 e. The number of aliphatic imine (C=N–C) groups is 1. The molecule has 0 saturated carbocycles. The summed E-state index contributed by atoms with van der Waals surface area (Å²) in [5.74, 6) is 3.76. The predicted octanol–water partition coefficient (Wildman–Crippen LogP) is 2.07. The number of furan rings is 1. The van der Waals surface area contributed by atoms with E-state index in [1.54, 1.807) is 6.26 Å². The molecule has 4 heterocycles. The number of nitrogens with zero attached hydrogens (tertiary/aromatic N) is 4. The smallest absolute Gasteiger partial charge is 0.191 e. The second-order valence-corrected chi connectivity index (χ2v) is 7.23. The van der Waals surface area contributed by atoms with E-state index in [-0.39, 0.29) is 24.0 Å². The Morgan fingerprint density at radius 2 is 2.07 bits per heavy atom. The first kappa shape index (κ1) is 21.1. The number of nitrogens with one attached hydrogen (secondary N) is 2. The molecule has 28 heavy (non-hydrogen) atoms. The normalized spacial score (nSPS) is 20.3. The average molecular weight is 500 g/mol. The standard InChI is InChI=1S/C19H28N6O2.HI/c1-14-21-18-5-4-16(13-25(18)24-14)23-19(22-15-7-11-26-12-8-15)20-9-6-17-3-2-10-27-17;/h2-3,10,15-16H,4-9,11-13H2,1H3,(H2,20,22,23);1H. The van der Waals surface area contributed by atoms with Crippen LogP contribution in [0.25, 0.3) is 0 Å². The predicted molar refractivity (Wildman–Crippen MR) is 117 cm³/mol. The number of aromatic nitrogens is 3. The first-order chi connectivity index (χ1) is 13.3. The fraction of sp³-hybridized carbons (Fsp3) is 0.632. The summed E-state index contributed by atoms with van der Waals surface area (Å²) in [5.41, 5.74) is 0. The van der Waals surface area contributed by atoms with Crippen molar-refractivity contribution in [2.24, 2.45) is 4.99 Å². The van der Waals surface area contributed by atoms with Crippen molar-refractivity contribution in [2.75, 3.05) is 19.8 Å². The van der Waals surface area contributed by atoms with E-state index < -0.39 is 0 Å². The third-order valence-electron chi connectivity index (χ3n) is 5.08. The molecule has 0 spiro atoms. The molecule has 1 saturated heterocycles. The molecule has 0 amide bonds. The van der Waals surface area contributed by atoms with Crippen LogP contribution in [0.3, 0.4) is 0 Å². The molecule has 8 nitrogen and oxygen atoms in total. The second-order valence-electron chi connectivity index (χ2n) is 7.23. The Labute approximate surface area is 182 Å². The van der Waals surface area contributed by atoms with Gasteiger partial charge in [-0.1, -0.05) is 0 Å². The molecule has 2 N–H and O–H groups in total. The maximum atomic E-state index is 5.47. The van der Waals surface area contributed by atoms with Crippen molar-refractivity contribution in [3.8, 4) is 0 Å². The Hall–Kier alpha value is -1.62. The molecule has 2 aromatic heterocycles. The summed E-state index contributed by atoms with van der Waals surface area (Å²) < 4.78 is 12.9. The van der Waals surface area contributed by atoms with Crippen LogP contribution in [0.4, 0.5) is 0 Å². The lowest BCUT2D eigenvalue weighted by Crippen LogP contribution is -2.51. The topological polar surface area (TPSA) is 89.5 Å². The second kappa shape index (κ2) is 10.2. The van der Waals surface area contributed by atoms with Crippen molar-refractivity contribution in [2.45, 2.75) is 57.7 Å². The average Bonchev–Trinajstić information content (AvgIpc) is 3.31. The van der Waals surface area contributed by atoms with Gasteiger partial charge in [-0.15, -0.1) is 24.0 Å². The van der Waals surface area contributed by atoms with Crippen LogP contribution in [-0.4, -0.2) is 52.6 Å². The van der Waals surface area contributed by atoms with Gasteiger partial charge in [0.15, 0.2) is 5.96 Å². The quantitative estimate of drug-likeness (QED) is 0.371. The Balaban J connectivity index is 0.00000225. The highest BCUT2D eigenvalue weighted by molar-refractivity contribution is 14.0. The van der Waals surface area contributed by atoms with Gasteiger partial charge in [-0.25, -0.2) is 9.67 Å². The molecule has 0 aromatic carbocycles. The molecular formula is C19H29IN6O2. The van der Waals surface area contributed by atoms with Gasteiger partial charge >= 0.3 is 0 Å². The Kier molecular flexibility index (Phi) is 7.72. The molecule has 1 atom stereocenters. The summed E-state index contributed by atoms with van der Waals surface area (Å²) in [7, 11) is 0. The van der Waals surface area contributed by atoms with Crippen LogP contribution in [0.5, 0.6) is 0 Å². The number of guanidine groups is 1. The van der Waals surface area contributed by atoms with Crippen molar-refractivity contribution in [3.63, 3.8) is 0 Å². The zero-order valence-electron chi connectivity index (χ0n) is 16.3. The molecule has 154 valence electrons. The summed E-state index contributed by atoms with van der Waals surface area (Å²) in [4.78, 5) is 9.29. The van der Waals surface area contributed by atoms with Gasteiger partial charge in [0, 0.05) is 44.7 Å². The molecule has 2 aliphatic heterocycles. The van der Waals surface area contributed by atoms with Gasteiger partial charge in [-0.2, -0.15) is 5.10 Å². The Morgan fingerprint density at radius 3 is 2.86 bits per heavy atom. The molecule has 1 fully saturated rings. The van der Waals surface area contributed by atoms with Crippen molar-refractivity contribution in [1.82, 2.24) is 25.4 Å². The van der Waals surface area contributed by atoms with Crippen molar-refractivity contribution in [1.29, 1.82) is 0 Å². The molecule has 4 rings (SSSR count). The molecule has 0 radical (unpaired) electrons. The highest BCUT2D eigenvalue weighted by Crippen LogP contribution is 2.13. The van der Waals surface area contributed by atoms with Gasteiger partial charge in [0.05, 0.1) is 12.8 Å². The number of rotatable bonds is 5. The SMILES string of the molecule is Cc1nc2n(n1)CC(NC(=NCCc1ccco1)NC1CCOCC1)CC2.I. The van der Waals surface area contributed by atoms with Gasteiger partial charge < -0.3 is 19.8 Å². The largest absolute Gasteiger partial charge is 0.469 e. The van der Waals surface area contributed by atoms with Crippen LogP contribution in [0.2, 0.25) is 0 Å². The van der Waals surface area contributed by atoms with Crippen LogP contribution >= 0.6 is 24.0 Å². The minimum atomic E-state index is 0. The molecular weight excluding hydrogens is 471 g/mol. The maximum absolute atomic E-state index is 5.47. The maximum Gasteiger partial charge on any atom is 0.191 e. The van der Waals surface area contributed by atoms with Gasteiger partial charge in [0.1, 0.15) is 17.4 Å². The van der Waals surface area contributed by atoms with E-state index in [0.717, 1.165) is 75.2 Å². The highest BCUT2D eigenvalue weighted by atomic mass is 127. The number of aryl methyl sites for hydroxylation is 2. The summed E-state index contributed by atoms with van der Waals surface area (Å²) in [6.45, 7) is 5.07. The van der Waals surface area contributed by atoms with Gasteiger partial charge in [-0.05, 0) is 38.3 Å². The van der Waals surface area contributed by atoms with Crippen molar-refractivity contribution < 1.29 is 9.15 Å². The molecule has 9 heteroatoms. The van der Waals surface area contributed by atoms with Gasteiger partial charge in [-0.3, -0.25) is 4.99 Å². The molecule has 2 aromatic rings. The van der Waals surface area contributed by atoms with E-state index in [2.05, 4.69) is 20.7 Å². The van der Waals surface area contributed by atoms with E-state index >= 15 is 0 Å². The minimum absolute atomic E-state index is 0. The van der Waals surface area contributed by atoms with Crippen molar-refractivity contribution in [3.05, 3.63) is 35.8 Å². The lowest BCUT2D eigenvalue weighted by molar-refractivity contribution is 0.0821. The number of halogens is 1. The zero-order chi connectivity index (χ0) is 18.5. The zero-order valence-corrected chi connectivity index (χ0v) is 18.6. The third-order valence-corrected chi connectivity index (χ3v) is 5.08. The Morgan fingerprint density at radius 1 is 1.25 bits per heavy atom. The summed E-state index contributed by atoms with van der Waals surface area (Å²) in [5, 5.41) is 11.7. The lowest BCUT2D eigenvalue weighted by Gasteiger charge is -2.29. The number of hydrogen-bond donors (Lipinski definition) is 2. The van der Waals surface area contributed by atoms with Crippen molar-refractivity contribution >= 4 is 29.9 Å². The van der Waals surface area contributed by atoms with E-state index in [4.69, 9.17) is 14.1 Å². The van der Waals surface area contributed by atoms with E-state index in [0.29, 0.717) is 18.6 Å². The van der Waals surface area contributed by atoms with E-state index in [1.807, 2.05) is 23.7 Å². The highest BCUT2D eigenvalue weighted by Gasteiger charge is 2.23. The Bertz CT molecular complexity index is 755. The fourth-order valence-electron chi connectivity index (χ4n) is 3.65.